The van der Waals surface area contributed by atoms with E-state index in [0.29, 0.717) is 0 Å². The van der Waals surface area contributed by atoms with Crippen molar-refractivity contribution in [2.75, 3.05) is 20.3 Å². The Morgan fingerprint density at radius 1 is 1.12 bits per heavy atom. The van der Waals surface area contributed by atoms with Crippen molar-refractivity contribution in [3.05, 3.63) is 53.8 Å². The lowest BCUT2D eigenvalue weighted by Gasteiger charge is -2.09. The largest absolute Gasteiger partial charge is 0.495 e. The number of aryl methyl sites for hydroxylation is 1. The number of hydrogen-bond acceptors (Lipinski definition) is 4. The number of halogens is 1. The van der Waals surface area contributed by atoms with Crippen molar-refractivity contribution < 1.29 is 22.3 Å². The third kappa shape index (κ3) is 5.21. The van der Waals surface area contributed by atoms with Crippen LogP contribution in [0.2, 0.25) is 0 Å². The van der Waals surface area contributed by atoms with E-state index in [9.17, 15) is 12.8 Å². The number of nitrogens with one attached hydrogen (secondary N) is 1. The van der Waals surface area contributed by atoms with Gasteiger partial charge in [0.05, 0.1) is 13.7 Å². The molecule has 0 fully saturated rings. The fraction of sp³-hybridized carbons (Fsp3) is 0.222. The van der Waals surface area contributed by atoms with Crippen LogP contribution in [0.25, 0.3) is 0 Å². The molecular weight excluding hydrogens is 345 g/mol. The number of benzene rings is 2. The van der Waals surface area contributed by atoms with Gasteiger partial charge in [0.1, 0.15) is 28.8 Å². The first-order chi connectivity index (χ1) is 11.9. The monoisotopic (exact) mass is 363 g/mol. The number of para-hydroxylation sites is 1. The van der Waals surface area contributed by atoms with Gasteiger partial charge in [-0.2, -0.15) is 4.72 Å². The van der Waals surface area contributed by atoms with Gasteiger partial charge in [0.15, 0.2) is 0 Å². The fourth-order valence-corrected chi connectivity index (χ4v) is 3.12. The molecule has 0 spiro atoms. The Morgan fingerprint density at radius 3 is 2.60 bits per heavy atom. The first-order valence-corrected chi connectivity index (χ1v) is 8.89. The van der Waals surface area contributed by atoms with Crippen LogP contribution < -0.4 is 14.2 Å². The van der Waals surface area contributed by atoms with Gasteiger partial charge in [-0.15, -0.1) is 0 Å². The molecule has 1 N–H and O–H groups in total. The Bertz CT molecular complexity index is 901. The molecule has 0 saturated carbocycles. The van der Waals surface area contributed by atoms with Crippen molar-refractivity contribution in [1.82, 2.24) is 4.72 Å². The van der Waals surface area contributed by atoms with Gasteiger partial charge in [0.2, 0.25) is 10.0 Å². The molecule has 0 atom stereocenters. The van der Waals surface area contributed by atoms with Gasteiger partial charge < -0.3 is 9.47 Å². The zero-order valence-electron chi connectivity index (χ0n) is 13.9. The molecule has 25 heavy (non-hydrogen) atoms. The number of sulfonamides is 1. The molecule has 0 saturated heterocycles. The third-order valence-electron chi connectivity index (χ3n) is 3.28. The van der Waals surface area contributed by atoms with E-state index >= 15 is 0 Å². The predicted molar refractivity (Wildman–Crippen MR) is 92.6 cm³/mol. The van der Waals surface area contributed by atoms with Crippen molar-refractivity contribution in [3.8, 4) is 23.3 Å². The Morgan fingerprint density at radius 2 is 1.88 bits per heavy atom. The van der Waals surface area contributed by atoms with E-state index in [1.165, 1.54) is 13.2 Å². The minimum Gasteiger partial charge on any atom is -0.495 e. The summed E-state index contributed by atoms with van der Waals surface area (Å²) >= 11 is 0. The van der Waals surface area contributed by atoms with Crippen molar-refractivity contribution >= 4 is 10.0 Å². The van der Waals surface area contributed by atoms with E-state index in [4.69, 9.17) is 9.47 Å². The van der Waals surface area contributed by atoms with Crippen LogP contribution >= 0.6 is 0 Å². The van der Waals surface area contributed by atoms with Gasteiger partial charge >= 0.3 is 0 Å². The van der Waals surface area contributed by atoms with Crippen LogP contribution in [0.4, 0.5) is 4.39 Å². The Hall–Kier alpha value is -2.56. The Labute approximate surface area is 146 Å². The maximum atomic E-state index is 13.3. The molecule has 0 unspecified atom stereocenters. The fourth-order valence-electron chi connectivity index (χ4n) is 2.02. The van der Waals surface area contributed by atoms with Crippen LogP contribution in [-0.2, 0) is 10.0 Å². The molecule has 0 aromatic heterocycles. The van der Waals surface area contributed by atoms with E-state index in [-0.39, 0.29) is 23.8 Å². The summed E-state index contributed by atoms with van der Waals surface area (Å²) in [5.74, 6) is 5.49. The highest BCUT2D eigenvalue weighted by Crippen LogP contribution is 2.23. The SMILES string of the molecule is COc1ccc(F)cc1S(=O)(=O)NCC#CCOc1ccccc1C. The molecule has 132 valence electrons. The predicted octanol–water partition coefficient (Wildman–Crippen LogP) is 2.50. The summed E-state index contributed by atoms with van der Waals surface area (Å²) in [6.45, 7) is 1.93. The Kier molecular flexibility index (Phi) is 6.39. The first kappa shape index (κ1) is 18.8. The minimum atomic E-state index is -3.93. The minimum absolute atomic E-state index is 0.0599. The molecule has 2 aromatic rings. The number of ether oxygens (including phenoxy) is 2. The van der Waals surface area contributed by atoms with E-state index in [2.05, 4.69) is 16.6 Å². The van der Waals surface area contributed by atoms with Gasteiger partial charge in [-0.1, -0.05) is 30.0 Å². The second kappa shape index (κ2) is 8.51. The van der Waals surface area contributed by atoms with Gasteiger partial charge in [-0.05, 0) is 36.8 Å². The molecule has 0 amide bonds. The van der Waals surface area contributed by atoms with E-state index in [0.717, 1.165) is 23.4 Å². The molecule has 0 aliphatic heterocycles. The van der Waals surface area contributed by atoms with Crippen molar-refractivity contribution in [1.29, 1.82) is 0 Å². The maximum Gasteiger partial charge on any atom is 0.245 e. The van der Waals surface area contributed by atoms with Crippen LogP contribution in [0.15, 0.2) is 47.4 Å². The molecule has 2 aromatic carbocycles. The summed E-state index contributed by atoms with van der Waals surface area (Å²) in [4.78, 5) is -0.270. The second-order valence-corrected chi connectivity index (χ2v) is 6.76. The normalized spacial score (nSPS) is 10.7. The number of hydrogen-bond donors (Lipinski definition) is 1. The lowest BCUT2D eigenvalue weighted by molar-refractivity contribution is 0.367. The van der Waals surface area contributed by atoms with Crippen LogP contribution in [0.5, 0.6) is 11.5 Å². The van der Waals surface area contributed by atoms with E-state index in [1.807, 2.05) is 31.2 Å². The smallest absolute Gasteiger partial charge is 0.245 e. The molecular formula is C18H18FNO4S. The lowest BCUT2D eigenvalue weighted by Crippen LogP contribution is -2.24. The van der Waals surface area contributed by atoms with Gasteiger partial charge in [-0.25, -0.2) is 12.8 Å². The third-order valence-corrected chi connectivity index (χ3v) is 4.71. The van der Waals surface area contributed by atoms with Crippen molar-refractivity contribution in [3.63, 3.8) is 0 Å². The van der Waals surface area contributed by atoms with Crippen LogP contribution in [0.3, 0.4) is 0 Å². The highest BCUT2D eigenvalue weighted by molar-refractivity contribution is 7.89. The zero-order chi connectivity index (χ0) is 18.3. The van der Waals surface area contributed by atoms with Crippen LogP contribution in [0, 0.1) is 24.6 Å². The molecule has 0 bridgehead atoms. The van der Waals surface area contributed by atoms with Gasteiger partial charge in [0.25, 0.3) is 0 Å². The second-order valence-electron chi connectivity index (χ2n) is 5.03. The topological polar surface area (TPSA) is 64.6 Å². The van der Waals surface area contributed by atoms with Crippen LogP contribution in [-0.4, -0.2) is 28.7 Å². The number of methoxy groups -OCH3 is 1. The standard InChI is InChI=1S/C18H18FNO4S/c1-14-7-3-4-8-16(14)24-12-6-5-11-20-25(21,22)18-13-15(19)9-10-17(18)23-2/h3-4,7-10,13,20H,11-12H2,1-2H3. The van der Waals surface area contributed by atoms with E-state index in [1.54, 1.807) is 0 Å². The van der Waals surface area contributed by atoms with Crippen molar-refractivity contribution in [2.24, 2.45) is 0 Å². The average molecular weight is 363 g/mol. The molecule has 0 radical (unpaired) electrons. The molecule has 0 aliphatic carbocycles. The summed E-state index contributed by atoms with van der Waals surface area (Å²) < 4.78 is 50.4. The summed E-state index contributed by atoms with van der Waals surface area (Å²) in [6, 6.07) is 10.8. The van der Waals surface area contributed by atoms with Crippen LogP contribution in [0.1, 0.15) is 5.56 Å². The Balaban J connectivity index is 1.93. The summed E-state index contributed by atoms with van der Waals surface area (Å²) in [5, 5.41) is 0. The number of rotatable bonds is 6. The molecule has 2 rings (SSSR count). The van der Waals surface area contributed by atoms with Gasteiger partial charge in [-0.3, -0.25) is 0 Å². The first-order valence-electron chi connectivity index (χ1n) is 7.41. The van der Waals surface area contributed by atoms with E-state index < -0.39 is 15.8 Å². The molecule has 0 heterocycles. The maximum absolute atomic E-state index is 13.3. The summed E-state index contributed by atoms with van der Waals surface area (Å²) in [5.41, 5.74) is 0.989. The van der Waals surface area contributed by atoms with Crippen molar-refractivity contribution in [2.45, 2.75) is 11.8 Å². The highest BCUT2D eigenvalue weighted by atomic mass is 32.2. The quantitative estimate of drug-likeness (QED) is 0.801. The zero-order valence-corrected chi connectivity index (χ0v) is 14.7. The highest BCUT2D eigenvalue weighted by Gasteiger charge is 2.19. The average Bonchev–Trinajstić information content (AvgIpc) is 2.59. The lowest BCUT2D eigenvalue weighted by atomic mass is 10.2. The van der Waals surface area contributed by atoms with Gasteiger partial charge in [0, 0.05) is 0 Å². The molecule has 7 heteroatoms. The molecule has 0 aliphatic rings. The summed E-state index contributed by atoms with van der Waals surface area (Å²) in [6.07, 6.45) is 0. The molecule has 5 nitrogen and oxygen atoms in total. The summed E-state index contributed by atoms with van der Waals surface area (Å²) in [7, 11) is -2.62.